The highest BCUT2D eigenvalue weighted by Crippen LogP contribution is 2.68. The highest BCUT2D eigenvalue weighted by molar-refractivity contribution is 6.58. The van der Waals surface area contributed by atoms with Gasteiger partial charge in [-0.05, 0) is 72.4 Å². The summed E-state index contributed by atoms with van der Waals surface area (Å²) < 4.78 is 32.7. The average molecular weight is 485 g/mol. The van der Waals surface area contributed by atoms with E-state index in [0.717, 1.165) is 30.5 Å². The van der Waals surface area contributed by atoms with E-state index in [1.165, 1.54) is 5.56 Å². The van der Waals surface area contributed by atoms with Gasteiger partial charge >= 0.3 is 7.12 Å². The third-order valence-electron chi connectivity index (χ3n) is 9.13. The molecule has 1 heterocycles. The van der Waals surface area contributed by atoms with Crippen LogP contribution in [0.1, 0.15) is 68.2 Å². The summed E-state index contributed by atoms with van der Waals surface area (Å²) in [6.07, 6.45) is 6.85. The van der Waals surface area contributed by atoms with E-state index in [0.29, 0.717) is 24.8 Å². The summed E-state index contributed by atoms with van der Waals surface area (Å²) in [5, 5.41) is 22.0. The van der Waals surface area contributed by atoms with Gasteiger partial charge in [0.05, 0.1) is 18.6 Å². The van der Waals surface area contributed by atoms with Gasteiger partial charge in [-0.25, -0.2) is 13.8 Å². The molecule has 9 heteroatoms. The minimum absolute atomic E-state index is 0.121. The summed E-state index contributed by atoms with van der Waals surface area (Å²) in [4.78, 5) is 16.7. The number of amides is 1. The van der Waals surface area contributed by atoms with E-state index in [1.54, 1.807) is 19.3 Å². The topological polar surface area (TPSA) is 87.4 Å². The molecule has 6 nitrogen and oxygen atoms in total. The Hall–Kier alpha value is -2.26. The fourth-order valence-electron chi connectivity index (χ4n) is 7.43. The zero-order chi connectivity index (χ0) is 25.0. The quantitative estimate of drug-likeness (QED) is 0.550. The maximum Gasteiger partial charge on any atom is 0.488 e. The van der Waals surface area contributed by atoms with Gasteiger partial charge in [0.15, 0.2) is 0 Å². The van der Waals surface area contributed by atoms with Crippen molar-refractivity contribution in [2.45, 2.75) is 70.3 Å². The van der Waals surface area contributed by atoms with Crippen molar-refractivity contribution in [2.24, 2.45) is 30.2 Å². The Morgan fingerprint density at radius 2 is 2.11 bits per heavy atom. The lowest BCUT2D eigenvalue weighted by Gasteiger charge is -2.51. The minimum atomic E-state index is -2.73. The molecule has 0 saturated heterocycles. The SMILES string of the molecule is Cn1cnc(CNC(=O)CC[C@@H]2CC(F)(F)[C@@]3(C)CCC4c5ccc(B(O)O)cc5CCC4C23)c1. The number of carbonyl (C=O) groups is 1. The first-order valence-corrected chi connectivity index (χ1v) is 12.7. The molecule has 1 aromatic heterocycles. The minimum Gasteiger partial charge on any atom is -0.423 e. The van der Waals surface area contributed by atoms with Crippen LogP contribution >= 0.6 is 0 Å². The molecule has 3 aliphatic carbocycles. The van der Waals surface area contributed by atoms with E-state index in [4.69, 9.17) is 0 Å². The molecule has 0 radical (unpaired) electrons. The van der Waals surface area contributed by atoms with Crippen molar-refractivity contribution >= 4 is 18.5 Å². The molecule has 2 fully saturated rings. The van der Waals surface area contributed by atoms with Crippen LogP contribution in [0.25, 0.3) is 0 Å². The van der Waals surface area contributed by atoms with E-state index in [9.17, 15) is 14.8 Å². The second kappa shape index (κ2) is 9.00. The Morgan fingerprint density at radius 1 is 1.31 bits per heavy atom. The predicted molar refractivity (Wildman–Crippen MR) is 129 cm³/mol. The van der Waals surface area contributed by atoms with Crippen LogP contribution in [-0.4, -0.2) is 38.5 Å². The van der Waals surface area contributed by atoms with E-state index in [-0.39, 0.29) is 42.4 Å². The summed E-state index contributed by atoms with van der Waals surface area (Å²) in [6.45, 7) is 2.11. The summed E-state index contributed by atoms with van der Waals surface area (Å²) in [5.41, 5.74) is 2.49. The van der Waals surface area contributed by atoms with Crippen molar-refractivity contribution in [1.82, 2.24) is 14.9 Å². The van der Waals surface area contributed by atoms with Crippen LogP contribution in [0.15, 0.2) is 30.7 Å². The summed E-state index contributed by atoms with van der Waals surface area (Å²) >= 11 is 0. The van der Waals surface area contributed by atoms with Crippen LogP contribution in [-0.2, 0) is 24.8 Å². The standard InChI is InChI=1S/C26H34BF2N3O3/c1-25-10-9-21-20-7-5-18(27(34)35)11-16(20)3-6-22(21)24(25)17(12-26(25,28)29)4-8-23(33)30-13-19-14-32(2)15-31-19/h5,7,11,14-15,17,21-22,24,34-35H,3-4,6,8-10,12-13H2,1-2H3,(H,30,33)/t17-,21?,22?,24?,25+/m1/s1. The van der Waals surface area contributed by atoms with Crippen LogP contribution in [0.5, 0.6) is 0 Å². The Labute approximate surface area is 205 Å². The number of nitrogens with zero attached hydrogens (tertiary/aromatic N) is 2. The Morgan fingerprint density at radius 3 is 2.83 bits per heavy atom. The largest absolute Gasteiger partial charge is 0.488 e. The zero-order valence-corrected chi connectivity index (χ0v) is 20.4. The van der Waals surface area contributed by atoms with Gasteiger partial charge in [0.25, 0.3) is 5.92 Å². The molecule has 5 atom stereocenters. The molecule has 0 aliphatic heterocycles. The number of aryl methyl sites for hydroxylation is 2. The molecule has 188 valence electrons. The molecule has 2 aromatic rings. The van der Waals surface area contributed by atoms with Gasteiger partial charge in [-0.2, -0.15) is 0 Å². The van der Waals surface area contributed by atoms with E-state index in [2.05, 4.69) is 10.3 Å². The Kier molecular flexibility index (Phi) is 6.28. The average Bonchev–Trinajstić information content (AvgIpc) is 3.32. The normalized spacial score (nSPS) is 30.8. The summed E-state index contributed by atoms with van der Waals surface area (Å²) in [6, 6.07) is 5.57. The molecule has 5 rings (SSSR count). The lowest BCUT2D eigenvalue weighted by atomic mass is 9.53. The van der Waals surface area contributed by atoms with E-state index < -0.39 is 18.5 Å². The molecule has 35 heavy (non-hydrogen) atoms. The third-order valence-corrected chi connectivity index (χ3v) is 9.13. The molecule has 3 aliphatic rings. The van der Waals surface area contributed by atoms with Crippen LogP contribution in [0.4, 0.5) is 8.78 Å². The number of imidazole rings is 1. The predicted octanol–water partition coefficient (Wildman–Crippen LogP) is 2.91. The van der Waals surface area contributed by atoms with Gasteiger partial charge in [0, 0.05) is 31.5 Å². The number of rotatable bonds is 6. The lowest BCUT2D eigenvalue weighted by Crippen LogP contribution is -2.48. The van der Waals surface area contributed by atoms with Crippen LogP contribution in [0, 0.1) is 23.2 Å². The maximum atomic E-state index is 15.4. The molecule has 3 unspecified atom stereocenters. The lowest BCUT2D eigenvalue weighted by molar-refractivity contribution is -0.133. The smallest absolute Gasteiger partial charge is 0.423 e. The first kappa shape index (κ1) is 24.4. The van der Waals surface area contributed by atoms with Gasteiger partial charge in [0.2, 0.25) is 5.91 Å². The second-order valence-corrected chi connectivity index (χ2v) is 11.1. The molecular weight excluding hydrogens is 451 g/mol. The monoisotopic (exact) mass is 485 g/mol. The van der Waals surface area contributed by atoms with E-state index in [1.807, 2.05) is 29.9 Å². The highest BCUT2D eigenvalue weighted by Gasteiger charge is 2.67. The number of fused-ring (bicyclic) bond motifs is 5. The first-order chi connectivity index (χ1) is 16.6. The van der Waals surface area contributed by atoms with Crippen molar-refractivity contribution in [2.75, 3.05) is 0 Å². The molecule has 1 amide bonds. The number of hydrogen-bond acceptors (Lipinski definition) is 4. The fourth-order valence-corrected chi connectivity index (χ4v) is 7.43. The van der Waals surface area contributed by atoms with Gasteiger partial charge in [0.1, 0.15) is 0 Å². The number of alkyl halides is 2. The highest BCUT2D eigenvalue weighted by atomic mass is 19.3. The maximum absolute atomic E-state index is 15.4. The summed E-state index contributed by atoms with van der Waals surface area (Å²) in [5.74, 6) is -2.82. The fraction of sp³-hybridized carbons (Fsp3) is 0.615. The number of aromatic nitrogens is 2. The first-order valence-electron chi connectivity index (χ1n) is 12.7. The van der Waals surface area contributed by atoms with Crippen LogP contribution in [0.3, 0.4) is 0 Å². The number of benzene rings is 1. The van der Waals surface area contributed by atoms with Crippen molar-refractivity contribution in [3.63, 3.8) is 0 Å². The van der Waals surface area contributed by atoms with E-state index >= 15 is 8.78 Å². The Bertz CT molecular complexity index is 1110. The molecule has 0 bridgehead atoms. The number of nitrogens with one attached hydrogen (secondary N) is 1. The van der Waals surface area contributed by atoms with Gasteiger partial charge in [-0.3, -0.25) is 4.79 Å². The number of hydrogen-bond donors (Lipinski definition) is 3. The van der Waals surface area contributed by atoms with Crippen LogP contribution < -0.4 is 10.8 Å². The van der Waals surface area contributed by atoms with Crippen molar-refractivity contribution in [1.29, 1.82) is 0 Å². The molecular formula is C26H34BF2N3O3. The van der Waals surface area contributed by atoms with Gasteiger partial charge in [-0.15, -0.1) is 0 Å². The van der Waals surface area contributed by atoms with Gasteiger partial charge < -0.3 is 19.9 Å². The third kappa shape index (κ3) is 4.31. The summed E-state index contributed by atoms with van der Waals surface area (Å²) in [7, 11) is 0.361. The molecule has 0 spiro atoms. The number of carbonyl (C=O) groups excluding carboxylic acids is 1. The molecule has 2 saturated carbocycles. The Balaban J connectivity index is 1.31. The number of halogens is 2. The van der Waals surface area contributed by atoms with Crippen molar-refractivity contribution < 1.29 is 23.6 Å². The second-order valence-electron chi connectivity index (χ2n) is 11.1. The van der Waals surface area contributed by atoms with Crippen LogP contribution in [0.2, 0.25) is 0 Å². The molecule has 3 N–H and O–H groups in total. The zero-order valence-electron chi connectivity index (χ0n) is 20.4. The van der Waals surface area contributed by atoms with Crippen molar-refractivity contribution in [3.05, 3.63) is 47.5 Å². The van der Waals surface area contributed by atoms with Crippen molar-refractivity contribution in [3.8, 4) is 0 Å². The molecule has 1 aromatic carbocycles. The van der Waals surface area contributed by atoms with Gasteiger partial charge in [-0.1, -0.05) is 25.1 Å².